The number of nitrogens with zero attached hydrogens (tertiary/aromatic N) is 2. The summed E-state index contributed by atoms with van der Waals surface area (Å²) in [6.45, 7) is 6.11. The minimum Gasteiger partial charge on any atom is -0.493 e. The molecule has 0 bridgehead atoms. The lowest BCUT2D eigenvalue weighted by Crippen LogP contribution is -2.50. The van der Waals surface area contributed by atoms with Crippen molar-refractivity contribution in [2.45, 2.75) is 77.9 Å². The monoisotopic (exact) mass is 530 g/mol. The molecule has 6 heteroatoms. The highest BCUT2D eigenvalue weighted by Gasteiger charge is 2.59. The summed E-state index contributed by atoms with van der Waals surface area (Å²) < 4.78 is 13.7. The third kappa shape index (κ3) is 4.65. The zero-order chi connectivity index (χ0) is 27.2. The number of allylic oxidation sites excluding steroid dienone is 2. The van der Waals surface area contributed by atoms with E-state index in [1.165, 1.54) is 5.57 Å². The van der Waals surface area contributed by atoms with Crippen LogP contribution in [0, 0.1) is 28.6 Å². The molecule has 6 atom stereocenters. The molecule has 39 heavy (non-hydrogen) atoms. The summed E-state index contributed by atoms with van der Waals surface area (Å²) in [5, 5.41) is 10.3. The number of benzene rings is 1. The number of rotatable bonds is 7. The third-order valence-electron chi connectivity index (χ3n) is 10.6. The van der Waals surface area contributed by atoms with Crippen molar-refractivity contribution in [3.05, 3.63) is 59.7 Å². The van der Waals surface area contributed by atoms with E-state index in [9.17, 15) is 9.90 Å². The second-order valence-corrected chi connectivity index (χ2v) is 12.7. The Hall–Kier alpha value is -2.86. The van der Waals surface area contributed by atoms with Gasteiger partial charge in [-0.05, 0) is 104 Å². The maximum atomic E-state index is 13.9. The maximum absolute atomic E-state index is 13.9. The van der Waals surface area contributed by atoms with Gasteiger partial charge in [-0.3, -0.25) is 4.79 Å². The Morgan fingerprint density at radius 2 is 1.97 bits per heavy atom. The van der Waals surface area contributed by atoms with Crippen LogP contribution in [0.5, 0.6) is 11.5 Å². The van der Waals surface area contributed by atoms with Gasteiger partial charge in [0.05, 0.1) is 26.1 Å². The highest BCUT2D eigenvalue weighted by Crippen LogP contribution is 2.64. The number of Topliss-reactive ketones (excluding diaryl/α,β-unsaturated/α-hetero) is 1. The van der Waals surface area contributed by atoms with Crippen molar-refractivity contribution in [1.82, 2.24) is 9.55 Å². The first-order chi connectivity index (χ1) is 18.8. The van der Waals surface area contributed by atoms with Crippen molar-refractivity contribution < 1.29 is 19.4 Å². The van der Waals surface area contributed by atoms with E-state index < -0.39 is 0 Å². The zero-order valence-corrected chi connectivity index (χ0v) is 23.6. The van der Waals surface area contributed by atoms with Crippen LogP contribution >= 0.6 is 0 Å². The number of aliphatic hydroxyl groups excluding tert-OH is 1. The number of hydrogen-bond donors (Lipinski definition) is 1. The van der Waals surface area contributed by atoms with Crippen molar-refractivity contribution in [3.8, 4) is 11.5 Å². The van der Waals surface area contributed by atoms with Crippen LogP contribution in [0.15, 0.2) is 54.1 Å². The lowest BCUT2D eigenvalue weighted by atomic mass is 9.48. The van der Waals surface area contributed by atoms with Gasteiger partial charge >= 0.3 is 0 Å². The van der Waals surface area contributed by atoms with Crippen LogP contribution in [0.3, 0.4) is 0 Å². The van der Waals surface area contributed by atoms with Gasteiger partial charge in [0.2, 0.25) is 0 Å². The number of hydrogen-bond acceptors (Lipinski definition) is 5. The predicted molar refractivity (Wildman–Crippen MR) is 151 cm³/mol. The van der Waals surface area contributed by atoms with E-state index in [4.69, 9.17) is 9.47 Å². The number of aliphatic hydroxyl groups is 1. The van der Waals surface area contributed by atoms with Crippen LogP contribution < -0.4 is 9.47 Å². The Balaban J connectivity index is 1.18. The van der Waals surface area contributed by atoms with E-state index in [1.807, 2.05) is 35.3 Å². The molecule has 0 spiro atoms. The van der Waals surface area contributed by atoms with Gasteiger partial charge in [0.25, 0.3) is 0 Å². The first kappa shape index (κ1) is 26.4. The topological polar surface area (TPSA) is 73.6 Å². The van der Waals surface area contributed by atoms with E-state index in [0.29, 0.717) is 35.9 Å². The minimum absolute atomic E-state index is 0.182. The number of ketones is 1. The molecule has 4 aliphatic carbocycles. The van der Waals surface area contributed by atoms with Gasteiger partial charge in [0, 0.05) is 24.4 Å². The molecule has 0 saturated heterocycles. The number of aromatic nitrogens is 2. The van der Waals surface area contributed by atoms with Crippen molar-refractivity contribution in [3.63, 3.8) is 0 Å². The average Bonchev–Trinajstić information content (AvgIpc) is 3.54. The highest BCUT2D eigenvalue weighted by atomic mass is 16.5. The molecule has 0 aliphatic heterocycles. The standard InChI is InChI=1S/C33H42N2O4/c1-32-11-9-25(36)20-24(32)6-7-26-27(32)10-12-33(2)28(26)19-23(31(33)37)17-22-5-8-29(30(18-22)38-3)39-16-4-14-35-15-13-34-21-35/h5-6,8,13,15,17-18,21,25-28,36H,4,7,9-12,14,16,19-20H2,1-3H3/b23-17-/t25-,26+,27-,28-,32-,33-/m0/s1. The van der Waals surface area contributed by atoms with Gasteiger partial charge in [-0.2, -0.15) is 0 Å². The van der Waals surface area contributed by atoms with E-state index in [-0.39, 0.29) is 16.9 Å². The van der Waals surface area contributed by atoms with Gasteiger partial charge in [-0.15, -0.1) is 0 Å². The minimum atomic E-state index is -0.273. The largest absolute Gasteiger partial charge is 0.493 e. The van der Waals surface area contributed by atoms with Gasteiger partial charge in [-0.25, -0.2) is 4.98 Å². The van der Waals surface area contributed by atoms with E-state index in [0.717, 1.165) is 74.8 Å². The molecular formula is C33H42N2O4. The van der Waals surface area contributed by atoms with Gasteiger partial charge in [-0.1, -0.05) is 31.6 Å². The lowest BCUT2D eigenvalue weighted by Gasteiger charge is -2.56. The molecule has 3 saturated carbocycles. The average molecular weight is 531 g/mol. The molecule has 0 unspecified atom stereocenters. The summed E-state index contributed by atoms with van der Waals surface area (Å²) in [7, 11) is 1.66. The summed E-state index contributed by atoms with van der Waals surface area (Å²) >= 11 is 0. The molecular weight excluding hydrogens is 488 g/mol. The molecule has 0 radical (unpaired) electrons. The first-order valence-corrected chi connectivity index (χ1v) is 14.7. The number of methoxy groups -OCH3 is 1. The zero-order valence-electron chi connectivity index (χ0n) is 23.6. The Labute approximate surface area is 232 Å². The quantitative estimate of drug-likeness (QED) is 0.260. The summed E-state index contributed by atoms with van der Waals surface area (Å²) in [6, 6.07) is 5.98. The molecule has 1 aromatic heterocycles. The van der Waals surface area contributed by atoms with Crippen LogP contribution in [-0.4, -0.2) is 40.3 Å². The van der Waals surface area contributed by atoms with Crippen LogP contribution in [-0.2, 0) is 11.3 Å². The second-order valence-electron chi connectivity index (χ2n) is 12.7. The Kier molecular flexibility index (Phi) is 6.95. The molecule has 4 aliphatic rings. The molecule has 0 amide bonds. The molecule has 6 rings (SSSR count). The van der Waals surface area contributed by atoms with Gasteiger partial charge < -0.3 is 19.1 Å². The fraction of sp³-hybridized carbons (Fsp3) is 0.576. The SMILES string of the molecule is COc1cc(/C=C2/C[C@H]3[C@@H]4CC=C5C[C@@H](O)CC[C@]5(C)[C@H]4CC[C@]3(C)C2=O)ccc1OCCCn1ccnc1. The number of aryl methyl sites for hydroxylation is 1. The Morgan fingerprint density at radius 3 is 2.77 bits per heavy atom. The highest BCUT2D eigenvalue weighted by molar-refractivity contribution is 6.06. The van der Waals surface area contributed by atoms with Gasteiger partial charge in [0.15, 0.2) is 17.3 Å². The van der Waals surface area contributed by atoms with Crippen LogP contribution in [0.25, 0.3) is 6.08 Å². The van der Waals surface area contributed by atoms with Crippen LogP contribution in [0.2, 0.25) is 0 Å². The van der Waals surface area contributed by atoms with E-state index in [1.54, 1.807) is 13.3 Å². The van der Waals surface area contributed by atoms with Crippen molar-refractivity contribution in [2.75, 3.05) is 13.7 Å². The van der Waals surface area contributed by atoms with Crippen molar-refractivity contribution in [1.29, 1.82) is 0 Å². The molecule has 3 fully saturated rings. The molecule has 1 aromatic carbocycles. The molecule has 1 N–H and O–H groups in total. The molecule has 2 aromatic rings. The molecule has 6 nitrogen and oxygen atoms in total. The fourth-order valence-electron chi connectivity index (χ4n) is 8.38. The summed E-state index contributed by atoms with van der Waals surface area (Å²) in [5.41, 5.74) is 3.33. The van der Waals surface area contributed by atoms with E-state index >= 15 is 0 Å². The number of carbonyl (C=O) groups is 1. The van der Waals surface area contributed by atoms with Crippen molar-refractivity contribution >= 4 is 11.9 Å². The number of imidazole rings is 1. The van der Waals surface area contributed by atoms with E-state index in [2.05, 4.69) is 31.0 Å². The number of carbonyl (C=O) groups excluding carboxylic acids is 1. The molecule has 208 valence electrons. The number of ether oxygens (including phenoxy) is 2. The van der Waals surface area contributed by atoms with Crippen LogP contribution in [0.1, 0.15) is 70.8 Å². The third-order valence-corrected chi connectivity index (χ3v) is 10.6. The summed E-state index contributed by atoms with van der Waals surface area (Å²) in [4.78, 5) is 17.9. The first-order valence-electron chi connectivity index (χ1n) is 14.7. The predicted octanol–water partition coefficient (Wildman–Crippen LogP) is 6.25. The summed E-state index contributed by atoms with van der Waals surface area (Å²) in [6.07, 6.45) is 17.5. The fourth-order valence-corrected chi connectivity index (χ4v) is 8.38. The maximum Gasteiger partial charge on any atom is 0.165 e. The smallest absolute Gasteiger partial charge is 0.165 e. The number of fused-ring (bicyclic) bond motifs is 5. The summed E-state index contributed by atoms with van der Waals surface area (Å²) in [5.74, 6) is 3.29. The van der Waals surface area contributed by atoms with Crippen molar-refractivity contribution in [2.24, 2.45) is 28.6 Å². The Bertz CT molecular complexity index is 1280. The van der Waals surface area contributed by atoms with Gasteiger partial charge in [0.1, 0.15) is 0 Å². The Morgan fingerprint density at radius 1 is 1.13 bits per heavy atom. The molecule has 1 heterocycles. The lowest BCUT2D eigenvalue weighted by molar-refractivity contribution is -0.130. The second kappa shape index (κ2) is 10.3. The normalized spacial score (nSPS) is 34.7. The van der Waals surface area contributed by atoms with Crippen LogP contribution in [0.4, 0.5) is 0 Å².